The van der Waals surface area contributed by atoms with E-state index < -0.39 is 15.0 Å². The average Bonchev–Trinajstić information content (AvgIpc) is 2.27. The number of hydrogen-bond donors (Lipinski definition) is 0. The van der Waals surface area contributed by atoms with Crippen LogP contribution in [0.2, 0.25) is 0 Å². The second kappa shape index (κ2) is 5.21. The fraction of sp³-hybridized carbons (Fsp3) is 0.182. The summed E-state index contributed by atoms with van der Waals surface area (Å²) in [5.74, 6) is 1.82. The van der Waals surface area contributed by atoms with Crippen LogP contribution in [0.5, 0.6) is 0 Å². The van der Waals surface area contributed by atoms with Gasteiger partial charge in [0.05, 0.1) is 17.0 Å². The van der Waals surface area contributed by atoms with Gasteiger partial charge in [0.1, 0.15) is 0 Å². The molecule has 1 rings (SSSR count). The first-order valence-corrected chi connectivity index (χ1v) is 6.91. The monoisotopic (exact) mass is 271 g/mol. The highest BCUT2D eigenvalue weighted by atomic mass is 35.7. The van der Waals surface area contributed by atoms with Gasteiger partial charge in [0.15, 0.2) is 0 Å². The zero-order valence-corrected chi connectivity index (χ0v) is 10.6. The van der Waals surface area contributed by atoms with Gasteiger partial charge in [-0.15, -0.1) is 6.42 Å². The summed E-state index contributed by atoms with van der Waals surface area (Å²) in [7, 11) is 2.78. The maximum Gasteiger partial charge on any atom is 0.262 e. The Hall–Kier alpha value is -1.51. The standard InChI is InChI=1S/C11H10ClNO3S/c1-3-8-13(2)11(14)9-6-4-5-7-10(9)17(12,15)16/h1,4-7H,8H2,2H3. The van der Waals surface area contributed by atoms with Crippen LogP contribution in [-0.4, -0.2) is 32.8 Å². The zero-order valence-electron chi connectivity index (χ0n) is 9.05. The van der Waals surface area contributed by atoms with Crippen molar-refractivity contribution in [3.63, 3.8) is 0 Å². The molecule has 4 nitrogen and oxygen atoms in total. The predicted molar refractivity (Wildman–Crippen MR) is 65.3 cm³/mol. The molecule has 0 aliphatic heterocycles. The van der Waals surface area contributed by atoms with Gasteiger partial charge in [0, 0.05) is 17.7 Å². The summed E-state index contributed by atoms with van der Waals surface area (Å²) >= 11 is 0. The summed E-state index contributed by atoms with van der Waals surface area (Å²) in [6.07, 6.45) is 5.08. The molecule has 1 amide bonds. The van der Waals surface area contributed by atoms with Crippen molar-refractivity contribution in [1.29, 1.82) is 0 Å². The Bertz CT molecular complexity index is 575. The average molecular weight is 272 g/mol. The van der Waals surface area contributed by atoms with Gasteiger partial charge < -0.3 is 4.90 Å². The first-order chi connectivity index (χ1) is 7.88. The van der Waals surface area contributed by atoms with Crippen LogP contribution in [-0.2, 0) is 9.05 Å². The molecule has 0 fully saturated rings. The Balaban J connectivity index is 3.25. The van der Waals surface area contributed by atoms with Gasteiger partial charge >= 0.3 is 0 Å². The molecule has 17 heavy (non-hydrogen) atoms. The molecule has 0 aromatic heterocycles. The number of rotatable bonds is 3. The van der Waals surface area contributed by atoms with Crippen molar-refractivity contribution < 1.29 is 13.2 Å². The summed E-state index contributed by atoms with van der Waals surface area (Å²) in [5.41, 5.74) is 0.0141. The Morgan fingerprint density at radius 2 is 2.06 bits per heavy atom. The Kier molecular flexibility index (Phi) is 4.16. The van der Waals surface area contributed by atoms with E-state index in [9.17, 15) is 13.2 Å². The molecule has 90 valence electrons. The second-order valence-corrected chi connectivity index (χ2v) is 5.83. The lowest BCUT2D eigenvalue weighted by molar-refractivity contribution is 0.0809. The molecule has 0 N–H and O–H groups in total. The molecule has 0 unspecified atom stereocenters. The molecule has 0 aliphatic carbocycles. The fourth-order valence-electron chi connectivity index (χ4n) is 1.27. The van der Waals surface area contributed by atoms with Crippen molar-refractivity contribution in [2.45, 2.75) is 4.90 Å². The number of hydrogen-bond acceptors (Lipinski definition) is 3. The third kappa shape index (κ3) is 3.22. The summed E-state index contributed by atoms with van der Waals surface area (Å²) in [5, 5.41) is 0. The van der Waals surface area contributed by atoms with Crippen LogP contribution >= 0.6 is 10.7 Å². The van der Waals surface area contributed by atoms with Crippen LogP contribution in [0.3, 0.4) is 0 Å². The van der Waals surface area contributed by atoms with Gasteiger partial charge in [-0.1, -0.05) is 18.1 Å². The molecule has 0 radical (unpaired) electrons. The lowest BCUT2D eigenvalue weighted by Crippen LogP contribution is -2.28. The predicted octanol–water partition coefficient (Wildman–Crippen LogP) is 1.32. The molecule has 0 spiro atoms. The van der Waals surface area contributed by atoms with Crippen molar-refractivity contribution in [2.75, 3.05) is 13.6 Å². The topological polar surface area (TPSA) is 54.5 Å². The lowest BCUT2D eigenvalue weighted by atomic mass is 10.2. The van der Waals surface area contributed by atoms with Gasteiger partial charge in [0.2, 0.25) is 0 Å². The Labute approximate surface area is 105 Å². The van der Waals surface area contributed by atoms with Gasteiger partial charge in [-0.3, -0.25) is 4.79 Å². The first-order valence-electron chi connectivity index (χ1n) is 4.60. The molecule has 0 heterocycles. The van der Waals surface area contributed by atoms with Crippen molar-refractivity contribution in [2.24, 2.45) is 0 Å². The van der Waals surface area contributed by atoms with E-state index in [4.69, 9.17) is 17.1 Å². The van der Waals surface area contributed by atoms with Crippen molar-refractivity contribution in [3.05, 3.63) is 29.8 Å². The summed E-state index contributed by atoms with van der Waals surface area (Å²) in [6, 6.07) is 5.72. The van der Waals surface area contributed by atoms with E-state index in [-0.39, 0.29) is 17.0 Å². The molecular formula is C11H10ClNO3S. The highest BCUT2D eigenvalue weighted by Gasteiger charge is 2.21. The van der Waals surface area contributed by atoms with Crippen LogP contribution in [0.1, 0.15) is 10.4 Å². The molecule has 0 saturated carbocycles. The molecule has 0 atom stereocenters. The number of amides is 1. The minimum atomic E-state index is -3.95. The minimum absolute atomic E-state index is 0.0141. The normalized spacial score (nSPS) is 10.6. The second-order valence-electron chi connectivity index (χ2n) is 3.30. The van der Waals surface area contributed by atoms with Crippen LogP contribution in [0.15, 0.2) is 29.2 Å². The summed E-state index contributed by atoms with van der Waals surface area (Å²) in [6.45, 7) is 0.0928. The summed E-state index contributed by atoms with van der Waals surface area (Å²) in [4.78, 5) is 12.9. The zero-order chi connectivity index (χ0) is 13.1. The lowest BCUT2D eigenvalue weighted by Gasteiger charge is -2.15. The smallest absolute Gasteiger partial charge is 0.262 e. The van der Waals surface area contributed by atoms with Gasteiger partial charge in [-0.25, -0.2) is 8.42 Å². The van der Waals surface area contributed by atoms with E-state index >= 15 is 0 Å². The van der Waals surface area contributed by atoms with Crippen molar-refractivity contribution >= 4 is 25.6 Å². The van der Waals surface area contributed by atoms with E-state index in [0.29, 0.717) is 0 Å². The molecule has 1 aromatic carbocycles. The van der Waals surface area contributed by atoms with E-state index in [1.807, 2.05) is 0 Å². The third-order valence-corrected chi connectivity index (χ3v) is 3.44. The quantitative estimate of drug-likeness (QED) is 0.615. The Morgan fingerprint density at radius 3 is 2.59 bits per heavy atom. The van der Waals surface area contributed by atoms with E-state index in [0.717, 1.165) is 0 Å². The highest BCUT2D eigenvalue weighted by molar-refractivity contribution is 8.13. The van der Waals surface area contributed by atoms with Gasteiger partial charge in [-0.2, -0.15) is 0 Å². The van der Waals surface area contributed by atoms with Crippen LogP contribution < -0.4 is 0 Å². The van der Waals surface area contributed by atoms with Crippen LogP contribution in [0, 0.1) is 12.3 Å². The van der Waals surface area contributed by atoms with Gasteiger partial charge in [0.25, 0.3) is 15.0 Å². The number of carbonyl (C=O) groups excluding carboxylic acids is 1. The number of carbonyl (C=O) groups is 1. The van der Waals surface area contributed by atoms with E-state index in [2.05, 4.69) is 5.92 Å². The van der Waals surface area contributed by atoms with Gasteiger partial charge in [-0.05, 0) is 12.1 Å². The third-order valence-electron chi connectivity index (χ3n) is 2.06. The first kappa shape index (κ1) is 13.6. The minimum Gasteiger partial charge on any atom is -0.331 e. The fourth-order valence-corrected chi connectivity index (χ4v) is 2.33. The number of nitrogens with zero attached hydrogens (tertiary/aromatic N) is 1. The van der Waals surface area contributed by atoms with Crippen LogP contribution in [0.25, 0.3) is 0 Å². The molecule has 0 bridgehead atoms. The molecular weight excluding hydrogens is 262 g/mol. The largest absolute Gasteiger partial charge is 0.331 e. The van der Waals surface area contributed by atoms with E-state index in [1.165, 1.54) is 30.1 Å². The molecule has 6 heteroatoms. The number of terminal acetylenes is 1. The number of halogens is 1. The number of benzene rings is 1. The van der Waals surface area contributed by atoms with Crippen molar-refractivity contribution in [3.8, 4) is 12.3 Å². The maximum absolute atomic E-state index is 11.9. The molecule has 0 aliphatic rings. The van der Waals surface area contributed by atoms with Crippen LogP contribution in [0.4, 0.5) is 0 Å². The SMILES string of the molecule is C#CCN(C)C(=O)c1ccccc1S(=O)(=O)Cl. The Morgan fingerprint density at radius 1 is 1.47 bits per heavy atom. The highest BCUT2D eigenvalue weighted by Crippen LogP contribution is 2.20. The summed E-state index contributed by atoms with van der Waals surface area (Å²) < 4.78 is 22.6. The van der Waals surface area contributed by atoms with Crippen molar-refractivity contribution in [1.82, 2.24) is 4.90 Å². The molecule has 0 saturated heterocycles. The van der Waals surface area contributed by atoms with E-state index in [1.54, 1.807) is 6.07 Å². The maximum atomic E-state index is 11.9. The molecule has 1 aromatic rings.